The SMILES string of the molecule is CCc1cc(OC)c(OC)cc1C(CN)C(=O)O. The lowest BCUT2D eigenvalue weighted by molar-refractivity contribution is -0.138. The molecule has 0 heterocycles. The third-order valence-corrected chi connectivity index (χ3v) is 2.94. The standard InChI is InChI=1S/C13H19NO4/c1-4-8-5-11(17-2)12(18-3)6-9(8)10(7-14)13(15)16/h5-6,10H,4,7,14H2,1-3H3,(H,15,16). The fourth-order valence-electron chi connectivity index (χ4n) is 1.93. The van der Waals surface area contributed by atoms with Crippen LogP contribution >= 0.6 is 0 Å². The topological polar surface area (TPSA) is 81.8 Å². The second-order valence-corrected chi connectivity index (χ2v) is 3.89. The number of hydrogen-bond acceptors (Lipinski definition) is 4. The van der Waals surface area contributed by atoms with Crippen LogP contribution in [0.2, 0.25) is 0 Å². The lowest BCUT2D eigenvalue weighted by atomic mass is 9.92. The Hall–Kier alpha value is -1.75. The second kappa shape index (κ2) is 6.26. The first kappa shape index (κ1) is 14.3. The predicted octanol–water partition coefficient (Wildman–Crippen LogP) is 1.39. The fourth-order valence-corrected chi connectivity index (χ4v) is 1.93. The summed E-state index contributed by atoms with van der Waals surface area (Å²) in [5, 5.41) is 9.18. The van der Waals surface area contributed by atoms with Crippen molar-refractivity contribution in [2.24, 2.45) is 5.73 Å². The molecule has 5 heteroatoms. The van der Waals surface area contributed by atoms with Crippen molar-refractivity contribution >= 4 is 5.97 Å². The smallest absolute Gasteiger partial charge is 0.312 e. The van der Waals surface area contributed by atoms with Gasteiger partial charge in [0.1, 0.15) is 0 Å². The minimum Gasteiger partial charge on any atom is -0.493 e. The van der Waals surface area contributed by atoms with Crippen molar-refractivity contribution in [3.8, 4) is 11.5 Å². The molecule has 1 aromatic carbocycles. The molecule has 18 heavy (non-hydrogen) atoms. The highest BCUT2D eigenvalue weighted by molar-refractivity contribution is 5.77. The fraction of sp³-hybridized carbons (Fsp3) is 0.462. The lowest BCUT2D eigenvalue weighted by Crippen LogP contribution is -2.22. The van der Waals surface area contributed by atoms with E-state index in [4.69, 9.17) is 15.2 Å². The summed E-state index contributed by atoms with van der Waals surface area (Å²) < 4.78 is 10.4. The van der Waals surface area contributed by atoms with Gasteiger partial charge in [0.2, 0.25) is 0 Å². The number of nitrogens with two attached hydrogens (primary N) is 1. The van der Waals surface area contributed by atoms with Gasteiger partial charge >= 0.3 is 5.97 Å². The predicted molar refractivity (Wildman–Crippen MR) is 68.4 cm³/mol. The Morgan fingerprint density at radius 3 is 2.28 bits per heavy atom. The minimum atomic E-state index is -0.931. The summed E-state index contributed by atoms with van der Waals surface area (Å²) in [5.41, 5.74) is 7.13. The van der Waals surface area contributed by atoms with Crippen LogP contribution in [0.3, 0.4) is 0 Å². The summed E-state index contributed by atoms with van der Waals surface area (Å²) >= 11 is 0. The number of ether oxygens (including phenoxy) is 2. The van der Waals surface area contributed by atoms with E-state index in [0.717, 1.165) is 5.56 Å². The van der Waals surface area contributed by atoms with Gasteiger partial charge in [-0.2, -0.15) is 0 Å². The van der Waals surface area contributed by atoms with Crippen molar-refractivity contribution in [3.05, 3.63) is 23.3 Å². The van der Waals surface area contributed by atoms with Crippen LogP contribution in [0.15, 0.2) is 12.1 Å². The van der Waals surface area contributed by atoms with Crippen LogP contribution in [0.5, 0.6) is 11.5 Å². The number of carbonyl (C=O) groups is 1. The highest BCUT2D eigenvalue weighted by atomic mass is 16.5. The number of hydrogen-bond donors (Lipinski definition) is 2. The van der Waals surface area contributed by atoms with Crippen molar-refractivity contribution in [3.63, 3.8) is 0 Å². The number of methoxy groups -OCH3 is 2. The Morgan fingerprint density at radius 2 is 1.89 bits per heavy atom. The van der Waals surface area contributed by atoms with Crippen molar-refractivity contribution < 1.29 is 19.4 Å². The van der Waals surface area contributed by atoms with E-state index in [9.17, 15) is 9.90 Å². The molecule has 0 aliphatic carbocycles. The number of rotatable bonds is 6. The van der Waals surface area contributed by atoms with Crippen LogP contribution in [0.1, 0.15) is 24.0 Å². The van der Waals surface area contributed by atoms with E-state index >= 15 is 0 Å². The quantitative estimate of drug-likeness (QED) is 0.800. The summed E-state index contributed by atoms with van der Waals surface area (Å²) in [6, 6.07) is 3.50. The van der Waals surface area contributed by atoms with Crippen LogP contribution in [0.4, 0.5) is 0 Å². The molecule has 100 valence electrons. The van der Waals surface area contributed by atoms with Gasteiger partial charge in [0.15, 0.2) is 11.5 Å². The molecule has 3 N–H and O–H groups in total. The zero-order valence-corrected chi connectivity index (χ0v) is 10.9. The number of carboxylic acid groups (broad SMARTS) is 1. The first-order valence-electron chi connectivity index (χ1n) is 5.76. The molecule has 0 saturated carbocycles. The molecule has 1 atom stereocenters. The van der Waals surface area contributed by atoms with Gasteiger partial charge in [0.25, 0.3) is 0 Å². The van der Waals surface area contributed by atoms with Crippen molar-refractivity contribution in [2.75, 3.05) is 20.8 Å². The number of benzene rings is 1. The summed E-state index contributed by atoms with van der Waals surface area (Å²) in [6.07, 6.45) is 0.708. The van der Waals surface area contributed by atoms with E-state index in [2.05, 4.69) is 0 Å². The van der Waals surface area contributed by atoms with Gasteiger partial charge < -0.3 is 20.3 Å². The molecule has 0 fully saturated rings. The third-order valence-electron chi connectivity index (χ3n) is 2.94. The highest BCUT2D eigenvalue weighted by Gasteiger charge is 2.23. The number of aryl methyl sites for hydroxylation is 1. The van der Waals surface area contributed by atoms with Gasteiger partial charge in [0.05, 0.1) is 20.1 Å². The first-order valence-corrected chi connectivity index (χ1v) is 5.76. The zero-order chi connectivity index (χ0) is 13.7. The monoisotopic (exact) mass is 253 g/mol. The molecule has 0 amide bonds. The molecule has 5 nitrogen and oxygen atoms in total. The Labute approximate surface area is 107 Å². The van der Waals surface area contributed by atoms with Gasteiger partial charge in [-0.05, 0) is 29.7 Å². The third kappa shape index (κ3) is 2.73. The molecular weight excluding hydrogens is 234 g/mol. The maximum atomic E-state index is 11.2. The summed E-state index contributed by atoms with van der Waals surface area (Å²) in [4.78, 5) is 11.2. The molecule has 1 aromatic rings. The molecule has 1 unspecified atom stereocenters. The number of carboxylic acids is 1. The summed E-state index contributed by atoms with van der Waals surface area (Å²) in [6.45, 7) is 2.01. The molecule has 0 aliphatic heterocycles. The van der Waals surface area contributed by atoms with E-state index in [1.54, 1.807) is 19.2 Å². The van der Waals surface area contributed by atoms with Crippen molar-refractivity contribution in [2.45, 2.75) is 19.3 Å². The lowest BCUT2D eigenvalue weighted by Gasteiger charge is -2.18. The van der Waals surface area contributed by atoms with Gasteiger partial charge in [-0.15, -0.1) is 0 Å². The van der Waals surface area contributed by atoms with Gasteiger partial charge in [-0.3, -0.25) is 4.79 Å². The van der Waals surface area contributed by atoms with Gasteiger partial charge in [-0.1, -0.05) is 6.92 Å². The molecule has 0 aliphatic rings. The highest BCUT2D eigenvalue weighted by Crippen LogP contribution is 2.34. The minimum absolute atomic E-state index is 0.0534. The van der Waals surface area contributed by atoms with Gasteiger partial charge in [-0.25, -0.2) is 0 Å². The summed E-state index contributed by atoms with van der Waals surface area (Å²) in [5.74, 6) is -0.539. The molecule has 1 rings (SSSR count). The van der Waals surface area contributed by atoms with Crippen molar-refractivity contribution in [1.82, 2.24) is 0 Å². The Morgan fingerprint density at radius 1 is 1.33 bits per heavy atom. The number of aliphatic carboxylic acids is 1. The molecule has 0 aromatic heterocycles. The average molecular weight is 253 g/mol. The molecule has 0 saturated heterocycles. The van der Waals surface area contributed by atoms with E-state index in [-0.39, 0.29) is 6.54 Å². The Balaban J connectivity index is 3.36. The first-order chi connectivity index (χ1) is 8.58. The molecule has 0 bridgehead atoms. The van der Waals surface area contributed by atoms with Crippen LogP contribution in [-0.4, -0.2) is 31.8 Å². The normalized spacial score (nSPS) is 12.0. The Kier molecular flexibility index (Phi) is 4.97. The van der Waals surface area contributed by atoms with E-state index < -0.39 is 11.9 Å². The zero-order valence-electron chi connectivity index (χ0n) is 10.9. The Bertz CT molecular complexity index is 431. The maximum Gasteiger partial charge on any atom is 0.312 e. The van der Waals surface area contributed by atoms with Crippen LogP contribution < -0.4 is 15.2 Å². The van der Waals surface area contributed by atoms with E-state index in [0.29, 0.717) is 23.5 Å². The summed E-state index contributed by atoms with van der Waals surface area (Å²) in [7, 11) is 3.07. The van der Waals surface area contributed by atoms with E-state index in [1.807, 2.05) is 6.92 Å². The van der Waals surface area contributed by atoms with Crippen LogP contribution in [0.25, 0.3) is 0 Å². The largest absolute Gasteiger partial charge is 0.493 e. The average Bonchev–Trinajstić information content (AvgIpc) is 2.38. The van der Waals surface area contributed by atoms with Crippen LogP contribution in [-0.2, 0) is 11.2 Å². The second-order valence-electron chi connectivity index (χ2n) is 3.89. The molecular formula is C13H19NO4. The maximum absolute atomic E-state index is 11.2. The van der Waals surface area contributed by atoms with Crippen LogP contribution in [0, 0.1) is 0 Å². The molecule has 0 spiro atoms. The van der Waals surface area contributed by atoms with Crippen molar-refractivity contribution in [1.29, 1.82) is 0 Å². The van der Waals surface area contributed by atoms with E-state index in [1.165, 1.54) is 7.11 Å². The molecule has 0 radical (unpaired) electrons. The van der Waals surface area contributed by atoms with Gasteiger partial charge in [0, 0.05) is 6.54 Å².